The van der Waals surface area contributed by atoms with E-state index in [1.54, 1.807) is 0 Å². The smallest absolute Gasteiger partial charge is 0.220 e. The van der Waals surface area contributed by atoms with Crippen molar-refractivity contribution in [2.24, 2.45) is 11.7 Å². The van der Waals surface area contributed by atoms with Crippen molar-refractivity contribution in [3.05, 3.63) is 77.6 Å². The molecule has 0 unspecified atom stereocenters. The Morgan fingerprint density at radius 2 is 1.71 bits per heavy atom. The number of aromatic nitrogens is 4. The van der Waals surface area contributed by atoms with E-state index in [1.807, 2.05) is 41.1 Å². The van der Waals surface area contributed by atoms with Crippen LogP contribution in [-0.4, -0.2) is 39.2 Å². The van der Waals surface area contributed by atoms with E-state index in [0.29, 0.717) is 6.54 Å². The molecular formula is C21H25N6O+. The van der Waals surface area contributed by atoms with Crippen molar-refractivity contribution in [3.63, 3.8) is 0 Å². The Bertz CT molecular complexity index is 903. The van der Waals surface area contributed by atoms with Crippen LogP contribution in [0.25, 0.3) is 0 Å². The van der Waals surface area contributed by atoms with Gasteiger partial charge in [-0.25, -0.2) is 4.68 Å². The number of amides is 1. The van der Waals surface area contributed by atoms with Crippen LogP contribution < -0.4 is 10.6 Å². The Labute approximate surface area is 164 Å². The first-order valence-electron chi connectivity index (χ1n) is 9.71. The van der Waals surface area contributed by atoms with Crippen LogP contribution in [0.2, 0.25) is 0 Å². The fourth-order valence-corrected chi connectivity index (χ4v) is 4.06. The van der Waals surface area contributed by atoms with E-state index in [-0.39, 0.29) is 17.9 Å². The quantitative estimate of drug-likeness (QED) is 0.658. The molecule has 1 atom stereocenters. The van der Waals surface area contributed by atoms with Crippen LogP contribution in [0.15, 0.2) is 60.7 Å². The fourth-order valence-electron chi connectivity index (χ4n) is 4.06. The monoisotopic (exact) mass is 377 g/mol. The van der Waals surface area contributed by atoms with Crippen LogP contribution >= 0.6 is 0 Å². The second-order valence-electron chi connectivity index (χ2n) is 7.36. The molecule has 2 heterocycles. The van der Waals surface area contributed by atoms with Crippen molar-refractivity contribution in [1.82, 2.24) is 20.2 Å². The maximum Gasteiger partial charge on any atom is 0.220 e. The fraction of sp³-hybridized carbons (Fsp3) is 0.333. The maximum absolute atomic E-state index is 11.6. The summed E-state index contributed by atoms with van der Waals surface area (Å²) in [4.78, 5) is 12.9. The lowest BCUT2D eigenvalue weighted by molar-refractivity contribution is -0.931. The average molecular weight is 377 g/mol. The summed E-state index contributed by atoms with van der Waals surface area (Å²) in [5.41, 5.74) is 7.86. The number of rotatable bonds is 6. The average Bonchev–Trinajstić information content (AvgIpc) is 3.18. The first-order valence-corrected chi connectivity index (χ1v) is 9.71. The number of quaternary nitrogens is 1. The summed E-state index contributed by atoms with van der Waals surface area (Å²) in [6.07, 6.45) is 1.60. The van der Waals surface area contributed by atoms with Gasteiger partial charge in [0.1, 0.15) is 0 Å². The number of carbonyl (C=O) groups excluding carboxylic acids is 1. The van der Waals surface area contributed by atoms with Crippen molar-refractivity contribution in [2.75, 3.05) is 13.1 Å². The third-order valence-corrected chi connectivity index (χ3v) is 5.56. The van der Waals surface area contributed by atoms with Gasteiger partial charge in [-0.15, -0.1) is 5.10 Å². The molecule has 1 aliphatic rings. The van der Waals surface area contributed by atoms with Crippen LogP contribution in [0.4, 0.5) is 0 Å². The van der Waals surface area contributed by atoms with Crippen LogP contribution in [0.1, 0.15) is 35.8 Å². The van der Waals surface area contributed by atoms with E-state index in [4.69, 9.17) is 5.73 Å². The Morgan fingerprint density at radius 3 is 2.36 bits per heavy atom. The van der Waals surface area contributed by atoms with Gasteiger partial charge in [0.05, 0.1) is 19.6 Å². The van der Waals surface area contributed by atoms with Crippen molar-refractivity contribution < 1.29 is 9.69 Å². The Balaban J connectivity index is 1.64. The number of nitrogens with two attached hydrogens (primary N) is 1. The molecule has 3 N–H and O–H groups in total. The third-order valence-electron chi connectivity index (χ3n) is 5.56. The number of carbonyl (C=O) groups is 1. The van der Waals surface area contributed by atoms with Crippen LogP contribution in [0.3, 0.4) is 0 Å². The topological polar surface area (TPSA) is 91.1 Å². The first-order chi connectivity index (χ1) is 13.7. The molecule has 2 aromatic carbocycles. The minimum absolute atomic E-state index is 0.0220. The van der Waals surface area contributed by atoms with Gasteiger partial charge in [-0.1, -0.05) is 60.7 Å². The standard InChI is InChI=1S/C21H24N6O/c22-20(28)18-11-13-26(14-12-18)19(17-9-5-2-6-10-17)21-23-24-25-27(21)15-16-7-3-1-4-8-16/h1-10,18-19H,11-15H2,(H2,22,28)/p+1/t19-/m1/s1. The van der Waals surface area contributed by atoms with E-state index in [1.165, 1.54) is 10.5 Å². The van der Waals surface area contributed by atoms with Gasteiger partial charge in [-0.05, 0) is 16.0 Å². The third kappa shape index (κ3) is 3.94. The summed E-state index contributed by atoms with van der Waals surface area (Å²) in [6.45, 7) is 2.36. The Morgan fingerprint density at radius 1 is 1.07 bits per heavy atom. The molecular weight excluding hydrogens is 352 g/mol. The lowest BCUT2D eigenvalue weighted by Gasteiger charge is -2.33. The summed E-state index contributed by atoms with van der Waals surface area (Å²) in [7, 11) is 0. The summed E-state index contributed by atoms with van der Waals surface area (Å²) < 4.78 is 1.89. The van der Waals surface area contributed by atoms with E-state index in [2.05, 4.69) is 39.8 Å². The zero-order valence-electron chi connectivity index (χ0n) is 15.7. The van der Waals surface area contributed by atoms with Gasteiger partial charge in [-0.3, -0.25) is 4.79 Å². The summed E-state index contributed by atoms with van der Waals surface area (Å²) >= 11 is 0. The minimum Gasteiger partial charge on any atom is -0.369 e. The number of nitrogens with one attached hydrogen (secondary N) is 1. The van der Waals surface area contributed by atoms with Gasteiger partial charge in [0, 0.05) is 24.3 Å². The van der Waals surface area contributed by atoms with Crippen molar-refractivity contribution >= 4 is 5.91 Å². The molecule has 0 aliphatic carbocycles. The number of hydrogen-bond acceptors (Lipinski definition) is 4. The minimum atomic E-state index is -0.191. The van der Waals surface area contributed by atoms with E-state index in [0.717, 1.165) is 37.3 Å². The summed E-state index contributed by atoms with van der Waals surface area (Å²) in [6, 6.07) is 20.6. The molecule has 3 aromatic rings. The number of piperidine rings is 1. The van der Waals surface area contributed by atoms with E-state index >= 15 is 0 Å². The second-order valence-corrected chi connectivity index (χ2v) is 7.36. The van der Waals surface area contributed by atoms with Crippen molar-refractivity contribution in [2.45, 2.75) is 25.4 Å². The number of likely N-dealkylation sites (tertiary alicyclic amines) is 1. The van der Waals surface area contributed by atoms with Gasteiger partial charge < -0.3 is 10.6 Å². The van der Waals surface area contributed by atoms with Crippen LogP contribution in [-0.2, 0) is 11.3 Å². The Kier molecular flexibility index (Phi) is 5.43. The molecule has 0 spiro atoms. The molecule has 1 amide bonds. The normalized spacial score (nSPS) is 20.6. The first kappa shape index (κ1) is 18.3. The highest BCUT2D eigenvalue weighted by Gasteiger charge is 2.35. The van der Waals surface area contributed by atoms with Gasteiger partial charge >= 0.3 is 0 Å². The number of primary amides is 1. The number of tetrazole rings is 1. The highest BCUT2D eigenvalue weighted by Crippen LogP contribution is 2.20. The highest BCUT2D eigenvalue weighted by molar-refractivity contribution is 5.76. The van der Waals surface area contributed by atoms with E-state index < -0.39 is 0 Å². The molecule has 7 nitrogen and oxygen atoms in total. The molecule has 0 bridgehead atoms. The molecule has 28 heavy (non-hydrogen) atoms. The summed E-state index contributed by atoms with van der Waals surface area (Å²) in [5, 5.41) is 12.7. The second kappa shape index (κ2) is 8.31. The molecule has 144 valence electrons. The van der Waals surface area contributed by atoms with Crippen LogP contribution in [0.5, 0.6) is 0 Å². The molecule has 0 saturated carbocycles. The Hall–Kier alpha value is -3.06. The molecule has 4 rings (SSSR count). The molecule has 1 aromatic heterocycles. The highest BCUT2D eigenvalue weighted by atomic mass is 16.1. The molecule has 1 fully saturated rings. The van der Waals surface area contributed by atoms with Crippen molar-refractivity contribution in [3.8, 4) is 0 Å². The van der Waals surface area contributed by atoms with Gasteiger partial charge in [-0.2, -0.15) is 0 Å². The zero-order valence-corrected chi connectivity index (χ0v) is 15.7. The molecule has 1 aliphatic heterocycles. The van der Waals surface area contributed by atoms with E-state index in [9.17, 15) is 4.79 Å². The molecule has 0 radical (unpaired) electrons. The maximum atomic E-state index is 11.6. The van der Waals surface area contributed by atoms with Crippen molar-refractivity contribution in [1.29, 1.82) is 0 Å². The zero-order chi connectivity index (χ0) is 19.3. The molecule has 7 heteroatoms. The number of nitrogens with zero attached hydrogens (tertiary/aromatic N) is 4. The number of hydrogen-bond donors (Lipinski definition) is 2. The predicted octanol–water partition coefficient (Wildman–Crippen LogP) is 0.591. The lowest BCUT2D eigenvalue weighted by Crippen LogP contribution is -3.13. The van der Waals surface area contributed by atoms with Crippen LogP contribution in [0, 0.1) is 5.92 Å². The lowest BCUT2D eigenvalue weighted by atomic mass is 9.93. The van der Waals surface area contributed by atoms with Gasteiger partial charge in [0.2, 0.25) is 11.7 Å². The van der Waals surface area contributed by atoms with Gasteiger partial charge in [0.25, 0.3) is 0 Å². The number of benzene rings is 2. The SMILES string of the molecule is NC(=O)C1CC[NH+]([C@H](c2ccccc2)c2nnnn2Cc2ccccc2)CC1. The largest absolute Gasteiger partial charge is 0.369 e. The summed E-state index contributed by atoms with van der Waals surface area (Å²) in [5.74, 6) is 0.632. The predicted molar refractivity (Wildman–Crippen MR) is 104 cm³/mol. The molecule has 1 saturated heterocycles. The van der Waals surface area contributed by atoms with Gasteiger partial charge in [0.15, 0.2) is 6.04 Å².